The second kappa shape index (κ2) is 9.54. The van der Waals surface area contributed by atoms with Gasteiger partial charge in [-0.1, -0.05) is 60.7 Å². The van der Waals surface area contributed by atoms with E-state index in [1.54, 1.807) is 0 Å². The maximum Gasteiger partial charge on any atom is 0.313 e. The molecule has 0 bridgehead atoms. The average Bonchev–Trinajstić information content (AvgIpc) is 2.69. The lowest BCUT2D eigenvalue weighted by molar-refractivity contribution is -0.151. The predicted molar refractivity (Wildman–Crippen MR) is 105 cm³/mol. The Morgan fingerprint density at radius 3 is 2.31 bits per heavy atom. The highest BCUT2D eigenvalue weighted by Crippen LogP contribution is 2.24. The third kappa shape index (κ3) is 5.43. The van der Waals surface area contributed by atoms with Crippen molar-refractivity contribution >= 4 is 5.97 Å². The molecule has 2 aromatic rings. The summed E-state index contributed by atoms with van der Waals surface area (Å²) in [6.07, 6.45) is 4.01. The van der Waals surface area contributed by atoms with Gasteiger partial charge in [0.2, 0.25) is 0 Å². The van der Waals surface area contributed by atoms with Crippen LogP contribution in [0.15, 0.2) is 60.7 Å². The second-order valence-electron chi connectivity index (χ2n) is 7.31. The summed E-state index contributed by atoms with van der Waals surface area (Å²) in [5, 5.41) is 3.41. The maximum absolute atomic E-state index is 12.8. The van der Waals surface area contributed by atoms with Gasteiger partial charge in [-0.05, 0) is 56.3 Å². The minimum Gasteiger partial charge on any atom is -0.462 e. The highest BCUT2D eigenvalue weighted by Gasteiger charge is 2.25. The van der Waals surface area contributed by atoms with Gasteiger partial charge in [-0.2, -0.15) is 0 Å². The molecule has 0 amide bonds. The van der Waals surface area contributed by atoms with Crippen LogP contribution < -0.4 is 5.32 Å². The molecular weight excluding hydrogens is 322 g/mol. The van der Waals surface area contributed by atoms with E-state index in [0.717, 1.165) is 44.3 Å². The molecule has 1 N–H and O–H groups in total. The van der Waals surface area contributed by atoms with Crippen LogP contribution in [0.3, 0.4) is 0 Å². The Labute approximate surface area is 156 Å². The summed E-state index contributed by atoms with van der Waals surface area (Å²) in [5.41, 5.74) is 2.24. The molecule has 3 nitrogen and oxygen atoms in total. The van der Waals surface area contributed by atoms with Crippen LogP contribution in [0.25, 0.3) is 0 Å². The fourth-order valence-electron chi connectivity index (χ4n) is 3.68. The molecule has 3 rings (SSSR count). The number of hydrogen-bond donors (Lipinski definition) is 1. The first-order valence-electron chi connectivity index (χ1n) is 9.72. The van der Waals surface area contributed by atoms with Crippen LogP contribution in [0.1, 0.15) is 43.2 Å². The Morgan fingerprint density at radius 1 is 1.04 bits per heavy atom. The van der Waals surface area contributed by atoms with E-state index in [2.05, 4.69) is 17.4 Å². The summed E-state index contributed by atoms with van der Waals surface area (Å²) in [4.78, 5) is 12.8. The fourth-order valence-corrected chi connectivity index (χ4v) is 3.68. The summed E-state index contributed by atoms with van der Waals surface area (Å²) in [7, 11) is 0. The van der Waals surface area contributed by atoms with Gasteiger partial charge < -0.3 is 10.1 Å². The van der Waals surface area contributed by atoms with E-state index in [-0.39, 0.29) is 18.0 Å². The molecule has 26 heavy (non-hydrogen) atoms. The van der Waals surface area contributed by atoms with Crippen LogP contribution in [-0.2, 0) is 16.0 Å². The van der Waals surface area contributed by atoms with E-state index in [1.165, 1.54) is 5.56 Å². The first-order valence-corrected chi connectivity index (χ1v) is 9.72. The molecule has 3 heteroatoms. The van der Waals surface area contributed by atoms with Crippen molar-refractivity contribution in [2.24, 2.45) is 5.92 Å². The van der Waals surface area contributed by atoms with Crippen molar-refractivity contribution in [1.29, 1.82) is 0 Å². The Balaban J connectivity index is 1.66. The van der Waals surface area contributed by atoms with E-state index in [4.69, 9.17) is 4.74 Å². The van der Waals surface area contributed by atoms with Gasteiger partial charge in [0.05, 0.1) is 5.92 Å². The first-order chi connectivity index (χ1) is 12.7. The molecule has 0 saturated carbocycles. The summed E-state index contributed by atoms with van der Waals surface area (Å²) >= 11 is 0. The fraction of sp³-hybridized carbons (Fsp3) is 0.435. The molecule has 1 fully saturated rings. The molecule has 1 aliphatic heterocycles. The molecule has 1 unspecified atom stereocenters. The molecule has 0 spiro atoms. The van der Waals surface area contributed by atoms with Crippen LogP contribution in [0.4, 0.5) is 0 Å². The quantitative estimate of drug-likeness (QED) is 0.755. The Kier molecular flexibility index (Phi) is 6.84. The highest BCUT2D eigenvalue weighted by molar-refractivity contribution is 5.77. The van der Waals surface area contributed by atoms with Crippen LogP contribution in [0.5, 0.6) is 0 Å². The van der Waals surface area contributed by atoms with Crippen molar-refractivity contribution in [2.45, 2.75) is 44.6 Å². The average molecular weight is 351 g/mol. The second-order valence-corrected chi connectivity index (χ2v) is 7.31. The van der Waals surface area contributed by atoms with Crippen molar-refractivity contribution in [3.63, 3.8) is 0 Å². The number of nitrogens with one attached hydrogen (secondary N) is 1. The summed E-state index contributed by atoms with van der Waals surface area (Å²) in [6.45, 7) is 4.07. The van der Waals surface area contributed by atoms with Gasteiger partial charge in [0.1, 0.15) is 6.10 Å². The van der Waals surface area contributed by atoms with E-state index in [9.17, 15) is 4.79 Å². The number of esters is 1. The normalized spacial score (nSPS) is 17.4. The van der Waals surface area contributed by atoms with Gasteiger partial charge in [0, 0.05) is 6.42 Å². The lowest BCUT2D eigenvalue weighted by Crippen LogP contribution is -2.32. The molecule has 0 aromatic heterocycles. The third-order valence-electron chi connectivity index (χ3n) is 5.30. The van der Waals surface area contributed by atoms with Crippen LogP contribution in [0, 0.1) is 5.92 Å². The minimum atomic E-state index is -0.234. The largest absolute Gasteiger partial charge is 0.462 e. The molecule has 138 valence electrons. The zero-order valence-electron chi connectivity index (χ0n) is 15.6. The monoisotopic (exact) mass is 351 g/mol. The standard InChI is InChI=1S/C23H29NO2/c1-18(21-10-6-3-7-11-21)23(25)26-22(16-19-8-4-2-5-9-19)17-20-12-14-24-15-13-20/h2-11,18,20,22,24H,12-17H2,1H3/t18-,22?/m0/s1. The van der Waals surface area contributed by atoms with E-state index in [1.807, 2.05) is 55.5 Å². The van der Waals surface area contributed by atoms with Crippen molar-refractivity contribution in [3.8, 4) is 0 Å². The Hall–Kier alpha value is -2.13. The molecule has 1 saturated heterocycles. The van der Waals surface area contributed by atoms with Gasteiger partial charge in [0.15, 0.2) is 0 Å². The number of carbonyl (C=O) groups is 1. The number of hydrogen-bond acceptors (Lipinski definition) is 3. The molecule has 0 aliphatic carbocycles. The molecular formula is C23H29NO2. The topological polar surface area (TPSA) is 38.3 Å². The lowest BCUT2D eigenvalue weighted by Gasteiger charge is -2.28. The van der Waals surface area contributed by atoms with Gasteiger partial charge >= 0.3 is 5.97 Å². The molecule has 0 radical (unpaired) electrons. The maximum atomic E-state index is 12.8. The lowest BCUT2D eigenvalue weighted by atomic mass is 9.90. The zero-order valence-corrected chi connectivity index (χ0v) is 15.6. The summed E-state index contributed by atoms with van der Waals surface area (Å²) in [6, 6.07) is 20.2. The highest BCUT2D eigenvalue weighted by atomic mass is 16.5. The number of benzene rings is 2. The van der Waals surface area contributed by atoms with Crippen molar-refractivity contribution in [2.75, 3.05) is 13.1 Å². The zero-order chi connectivity index (χ0) is 18.2. The molecule has 1 aliphatic rings. The van der Waals surface area contributed by atoms with E-state index < -0.39 is 0 Å². The minimum absolute atomic E-state index is 0.0563. The summed E-state index contributed by atoms with van der Waals surface area (Å²) < 4.78 is 6.01. The van der Waals surface area contributed by atoms with Gasteiger partial charge in [0.25, 0.3) is 0 Å². The van der Waals surface area contributed by atoms with Crippen LogP contribution >= 0.6 is 0 Å². The van der Waals surface area contributed by atoms with E-state index >= 15 is 0 Å². The van der Waals surface area contributed by atoms with Gasteiger partial charge in [-0.3, -0.25) is 4.79 Å². The third-order valence-corrected chi connectivity index (χ3v) is 5.30. The number of piperidine rings is 1. The molecule has 2 atom stereocenters. The summed E-state index contributed by atoms with van der Waals surface area (Å²) in [5.74, 6) is 0.276. The molecule has 2 aromatic carbocycles. The van der Waals surface area contributed by atoms with E-state index in [0.29, 0.717) is 5.92 Å². The smallest absolute Gasteiger partial charge is 0.313 e. The first kappa shape index (κ1) is 18.7. The number of rotatable bonds is 7. The van der Waals surface area contributed by atoms with Crippen LogP contribution in [-0.4, -0.2) is 25.2 Å². The van der Waals surface area contributed by atoms with Crippen LogP contribution in [0.2, 0.25) is 0 Å². The Bertz CT molecular complexity index is 665. The van der Waals surface area contributed by atoms with Gasteiger partial charge in [-0.15, -0.1) is 0 Å². The Morgan fingerprint density at radius 2 is 1.65 bits per heavy atom. The van der Waals surface area contributed by atoms with Crippen molar-refractivity contribution < 1.29 is 9.53 Å². The predicted octanol–water partition coefficient (Wildman–Crippen LogP) is 4.33. The van der Waals surface area contributed by atoms with Gasteiger partial charge in [-0.25, -0.2) is 0 Å². The van der Waals surface area contributed by atoms with Crippen molar-refractivity contribution in [1.82, 2.24) is 5.32 Å². The number of ether oxygens (including phenoxy) is 1. The molecule has 1 heterocycles. The number of carbonyl (C=O) groups excluding carboxylic acids is 1. The SMILES string of the molecule is C[C@H](C(=O)OC(Cc1ccccc1)CC1CCNCC1)c1ccccc1. The van der Waals surface area contributed by atoms with Crippen molar-refractivity contribution in [3.05, 3.63) is 71.8 Å².